The Morgan fingerprint density at radius 1 is 1.15 bits per heavy atom. The number of nitrogens with zero attached hydrogens (tertiary/aromatic N) is 1. The molecule has 0 spiro atoms. The summed E-state index contributed by atoms with van der Waals surface area (Å²) < 4.78 is 5.40. The average molecular weight is 366 g/mol. The fourth-order valence-electron chi connectivity index (χ4n) is 3.25. The summed E-state index contributed by atoms with van der Waals surface area (Å²) in [4.78, 5) is 26.9. The first-order valence-corrected chi connectivity index (χ1v) is 9.14. The lowest BCUT2D eigenvalue weighted by Gasteiger charge is -2.22. The molecule has 1 fully saturated rings. The van der Waals surface area contributed by atoms with E-state index >= 15 is 0 Å². The molecule has 1 heterocycles. The Morgan fingerprint density at radius 3 is 2.48 bits per heavy atom. The van der Waals surface area contributed by atoms with Gasteiger partial charge in [-0.15, -0.1) is 0 Å². The Kier molecular flexibility index (Phi) is 5.22. The molecule has 0 saturated carbocycles. The van der Waals surface area contributed by atoms with Gasteiger partial charge in [0.1, 0.15) is 5.75 Å². The molecule has 1 aliphatic heterocycles. The predicted octanol–water partition coefficient (Wildman–Crippen LogP) is 3.98. The normalized spacial score (nSPS) is 17.1. The van der Waals surface area contributed by atoms with E-state index in [1.54, 1.807) is 12.0 Å². The lowest BCUT2D eigenvalue weighted by atomic mass is 9.86. The van der Waals surface area contributed by atoms with Gasteiger partial charge in [0, 0.05) is 18.7 Å². The molecule has 2 aromatic carbocycles. The monoisotopic (exact) mass is 366 g/mol. The van der Waals surface area contributed by atoms with E-state index in [1.807, 2.05) is 48.5 Å². The van der Waals surface area contributed by atoms with Crippen LogP contribution in [-0.2, 0) is 15.0 Å². The summed E-state index contributed by atoms with van der Waals surface area (Å²) in [6, 6.07) is 15.3. The molecular weight excluding hydrogens is 340 g/mol. The Hall–Kier alpha value is -2.82. The molecule has 1 saturated heterocycles. The number of carbonyl (C=O) groups excluding carboxylic acids is 2. The van der Waals surface area contributed by atoms with Gasteiger partial charge in [-0.05, 0) is 35.2 Å². The van der Waals surface area contributed by atoms with Gasteiger partial charge in [-0.3, -0.25) is 9.59 Å². The van der Waals surface area contributed by atoms with E-state index in [1.165, 1.54) is 0 Å². The molecule has 5 nitrogen and oxygen atoms in total. The smallest absolute Gasteiger partial charge is 0.229 e. The van der Waals surface area contributed by atoms with Crippen molar-refractivity contribution in [1.82, 2.24) is 0 Å². The van der Waals surface area contributed by atoms with E-state index in [2.05, 4.69) is 26.1 Å². The maximum absolute atomic E-state index is 12.8. The molecule has 1 atom stereocenters. The van der Waals surface area contributed by atoms with Gasteiger partial charge < -0.3 is 15.0 Å². The zero-order valence-corrected chi connectivity index (χ0v) is 16.3. The van der Waals surface area contributed by atoms with Crippen molar-refractivity contribution in [3.05, 3.63) is 54.1 Å². The molecule has 2 amide bonds. The SMILES string of the molecule is COc1ccc(C(C)(C)C)cc1NC(=O)C1CC(=O)N(c2ccccc2)C1. The van der Waals surface area contributed by atoms with Crippen LogP contribution in [0.1, 0.15) is 32.8 Å². The first kappa shape index (κ1) is 19.0. The summed E-state index contributed by atoms with van der Waals surface area (Å²) in [6.45, 7) is 6.74. The standard InChI is InChI=1S/C22H26N2O3/c1-22(2,3)16-10-11-19(27-4)18(13-16)23-21(26)15-12-20(25)24(14-15)17-8-6-5-7-9-17/h5-11,13,15H,12,14H2,1-4H3,(H,23,26). The van der Waals surface area contributed by atoms with E-state index in [4.69, 9.17) is 4.74 Å². The van der Waals surface area contributed by atoms with Crippen LogP contribution in [0.15, 0.2) is 48.5 Å². The fourth-order valence-corrected chi connectivity index (χ4v) is 3.25. The number of nitrogens with one attached hydrogen (secondary N) is 1. The molecule has 0 aromatic heterocycles. The van der Waals surface area contributed by atoms with Crippen LogP contribution in [0.5, 0.6) is 5.75 Å². The third kappa shape index (κ3) is 4.13. The Labute approximate surface area is 160 Å². The molecule has 0 aliphatic carbocycles. The molecule has 2 aromatic rings. The van der Waals surface area contributed by atoms with Crippen LogP contribution in [0.25, 0.3) is 0 Å². The fraction of sp³-hybridized carbons (Fsp3) is 0.364. The van der Waals surface area contributed by atoms with Gasteiger partial charge in [0.05, 0.1) is 18.7 Å². The maximum atomic E-state index is 12.8. The topological polar surface area (TPSA) is 58.6 Å². The molecular formula is C22H26N2O3. The highest BCUT2D eigenvalue weighted by Crippen LogP contribution is 2.32. The number of anilines is 2. The first-order chi connectivity index (χ1) is 12.8. The highest BCUT2D eigenvalue weighted by Gasteiger charge is 2.35. The second kappa shape index (κ2) is 7.43. The van der Waals surface area contributed by atoms with Crippen LogP contribution in [0, 0.1) is 5.92 Å². The quantitative estimate of drug-likeness (QED) is 0.890. The van der Waals surface area contributed by atoms with Crippen molar-refractivity contribution in [2.45, 2.75) is 32.6 Å². The van der Waals surface area contributed by atoms with E-state index in [-0.39, 0.29) is 29.6 Å². The Morgan fingerprint density at radius 2 is 1.85 bits per heavy atom. The van der Waals surface area contributed by atoms with Crippen molar-refractivity contribution in [3.63, 3.8) is 0 Å². The highest BCUT2D eigenvalue weighted by atomic mass is 16.5. The zero-order valence-electron chi connectivity index (χ0n) is 16.3. The predicted molar refractivity (Wildman–Crippen MR) is 107 cm³/mol. The van der Waals surface area contributed by atoms with Gasteiger partial charge >= 0.3 is 0 Å². The third-order valence-corrected chi connectivity index (χ3v) is 4.89. The van der Waals surface area contributed by atoms with E-state index < -0.39 is 0 Å². The number of carbonyl (C=O) groups is 2. The molecule has 1 aliphatic rings. The average Bonchev–Trinajstić information content (AvgIpc) is 3.03. The van der Waals surface area contributed by atoms with Crippen LogP contribution in [-0.4, -0.2) is 25.5 Å². The molecule has 142 valence electrons. The van der Waals surface area contributed by atoms with Crippen molar-refractivity contribution in [1.29, 1.82) is 0 Å². The molecule has 5 heteroatoms. The molecule has 1 N–H and O–H groups in total. The van der Waals surface area contributed by atoms with Crippen LogP contribution in [0.3, 0.4) is 0 Å². The number of amides is 2. The summed E-state index contributed by atoms with van der Waals surface area (Å²) >= 11 is 0. The second-order valence-electron chi connectivity index (χ2n) is 7.90. The van der Waals surface area contributed by atoms with Gasteiger partial charge in [0.2, 0.25) is 11.8 Å². The minimum absolute atomic E-state index is 0.0308. The van der Waals surface area contributed by atoms with Crippen molar-refractivity contribution in [2.24, 2.45) is 5.92 Å². The molecule has 1 unspecified atom stereocenters. The van der Waals surface area contributed by atoms with Gasteiger partial charge in [0.15, 0.2) is 0 Å². The van der Waals surface area contributed by atoms with Crippen LogP contribution < -0.4 is 15.0 Å². The summed E-state index contributed by atoms with van der Waals surface area (Å²) in [5.74, 6) is 0.0317. The minimum Gasteiger partial charge on any atom is -0.495 e. The Balaban J connectivity index is 1.77. The van der Waals surface area contributed by atoms with E-state index in [0.717, 1.165) is 11.3 Å². The van der Waals surface area contributed by atoms with Crippen molar-refractivity contribution < 1.29 is 14.3 Å². The number of ether oxygens (including phenoxy) is 1. The molecule has 0 bridgehead atoms. The van der Waals surface area contributed by atoms with E-state index in [0.29, 0.717) is 18.0 Å². The number of para-hydroxylation sites is 1. The van der Waals surface area contributed by atoms with Gasteiger partial charge in [-0.1, -0.05) is 45.0 Å². The molecule has 27 heavy (non-hydrogen) atoms. The Bertz CT molecular complexity index is 840. The van der Waals surface area contributed by atoms with Crippen molar-refractivity contribution >= 4 is 23.2 Å². The summed E-state index contributed by atoms with van der Waals surface area (Å²) in [5, 5.41) is 2.97. The number of methoxy groups -OCH3 is 1. The minimum atomic E-state index is -0.388. The molecule has 3 rings (SSSR count). The van der Waals surface area contributed by atoms with Gasteiger partial charge in [-0.2, -0.15) is 0 Å². The number of benzene rings is 2. The summed E-state index contributed by atoms with van der Waals surface area (Å²) in [5.41, 5.74) is 2.52. The van der Waals surface area contributed by atoms with Crippen LogP contribution >= 0.6 is 0 Å². The second-order valence-corrected chi connectivity index (χ2v) is 7.90. The van der Waals surface area contributed by atoms with Crippen molar-refractivity contribution in [2.75, 3.05) is 23.9 Å². The summed E-state index contributed by atoms with van der Waals surface area (Å²) in [6.07, 6.45) is 0.210. The lowest BCUT2D eigenvalue weighted by molar-refractivity contribution is -0.122. The van der Waals surface area contributed by atoms with Gasteiger partial charge in [-0.25, -0.2) is 0 Å². The van der Waals surface area contributed by atoms with E-state index in [9.17, 15) is 9.59 Å². The van der Waals surface area contributed by atoms with Crippen molar-refractivity contribution in [3.8, 4) is 5.75 Å². The largest absolute Gasteiger partial charge is 0.495 e. The summed E-state index contributed by atoms with van der Waals surface area (Å²) in [7, 11) is 1.58. The maximum Gasteiger partial charge on any atom is 0.229 e. The van der Waals surface area contributed by atoms with Crippen LogP contribution in [0.2, 0.25) is 0 Å². The lowest BCUT2D eigenvalue weighted by Crippen LogP contribution is -2.28. The zero-order chi connectivity index (χ0) is 19.6. The third-order valence-electron chi connectivity index (χ3n) is 4.89. The first-order valence-electron chi connectivity index (χ1n) is 9.14. The van der Waals surface area contributed by atoms with Crippen LogP contribution in [0.4, 0.5) is 11.4 Å². The highest BCUT2D eigenvalue weighted by molar-refractivity contribution is 6.03. The van der Waals surface area contributed by atoms with Gasteiger partial charge in [0.25, 0.3) is 0 Å². The number of hydrogen-bond acceptors (Lipinski definition) is 3. The number of rotatable bonds is 4. The number of hydrogen-bond donors (Lipinski definition) is 1. The molecule has 0 radical (unpaired) electrons.